The van der Waals surface area contributed by atoms with Crippen molar-refractivity contribution < 1.29 is 14.6 Å². The van der Waals surface area contributed by atoms with Crippen LogP contribution in [-0.2, 0) is 10.8 Å². The summed E-state index contributed by atoms with van der Waals surface area (Å²) in [6.45, 7) is 27.1. The zero-order valence-corrected chi connectivity index (χ0v) is 22.7. The smallest absolute Gasteiger partial charge is 0.123 e. The van der Waals surface area contributed by atoms with Gasteiger partial charge < -0.3 is 14.6 Å². The first-order chi connectivity index (χ1) is 14.2. The van der Waals surface area contributed by atoms with Gasteiger partial charge in [-0.15, -0.1) is 0 Å². The fourth-order valence-corrected chi connectivity index (χ4v) is 3.21. The largest absolute Gasteiger partial charge is 0.507 e. The maximum atomic E-state index is 10.4. The lowest BCUT2D eigenvalue weighted by Crippen LogP contribution is -2.23. The van der Waals surface area contributed by atoms with Gasteiger partial charge in [0.2, 0.25) is 0 Å². The molecule has 180 valence electrons. The van der Waals surface area contributed by atoms with Crippen LogP contribution in [-0.4, -0.2) is 16.3 Å². The Kier molecular flexibility index (Phi) is 8.51. The second-order valence-corrected chi connectivity index (χ2v) is 12.6. The van der Waals surface area contributed by atoms with Crippen molar-refractivity contribution in [3.63, 3.8) is 0 Å². The molecule has 3 nitrogen and oxygen atoms in total. The van der Waals surface area contributed by atoms with Gasteiger partial charge in [0.05, 0.1) is 0 Å². The molecule has 0 aromatic heterocycles. The van der Waals surface area contributed by atoms with Crippen molar-refractivity contribution >= 4 is 0 Å². The molecule has 32 heavy (non-hydrogen) atoms. The number of phenolic OH excluding ortho intramolecular Hbond substituents is 1. The number of hydrogen-bond acceptors (Lipinski definition) is 3. The molecule has 0 unspecified atom stereocenters. The lowest BCUT2D eigenvalue weighted by atomic mass is 9.78. The molecule has 0 saturated heterocycles. The van der Waals surface area contributed by atoms with E-state index in [2.05, 4.69) is 60.6 Å². The molecule has 2 rings (SSSR count). The minimum atomic E-state index is -0.160. The molecule has 0 fully saturated rings. The van der Waals surface area contributed by atoms with Crippen LogP contribution in [0.15, 0.2) is 36.4 Å². The van der Waals surface area contributed by atoms with E-state index in [0.29, 0.717) is 5.75 Å². The number of benzene rings is 2. The maximum absolute atomic E-state index is 10.4. The highest BCUT2D eigenvalue weighted by molar-refractivity contribution is 5.49. The SMILES string of the molecule is CC(C)(C)Oc1ccc(OC(C)(C)C)cc1.Cc1cc(C(C)(C)C)c(O)c(C(C)(C)C)c1. The number of aryl methyl sites for hydroxylation is 1. The highest BCUT2D eigenvalue weighted by Gasteiger charge is 2.25. The Morgan fingerprint density at radius 1 is 0.562 bits per heavy atom. The van der Waals surface area contributed by atoms with Gasteiger partial charge in [0.1, 0.15) is 28.5 Å². The predicted molar refractivity (Wildman–Crippen MR) is 137 cm³/mol. The highest BCUT2D eigenvalue weighted by atomic mass is 16.5. The third-order valence-corrected chi connectivity index (χ3v) is 4.54. The van der Waals surface area contributed by atoms with Crippen LogP contribution in [0.25, 0.3) is 0 Å². The van der Waals surface area contributed by atoms with Crippen LogP contribution in [0.3, 0.4) is 0 Å². The first kappa shape index (κ1) is 27.9. The van der Waals surface area contributed by atoms with E-state index < -0.39 is 0 Å². The molecular formula is C29H46O3. The minimum Gasteiger partial charge on any atom is -0.507 e. The summed E-state index contributed by atoms with van der Waals surface area (Å²) in [6.07, 6.45) is 0. The normalized spacial score (nSPS) is 12.7. The Balaban J connectivity index is 0.000000320. The number of hydrogen-bond donors (Lipinski definition) is 1. The number of phenols is 1. The standard InChI is InChI=1S/C15H24O.C14H22O2/c1-10-8-11(14(2,3)4)13(16)12(9-10)15(5,6)7;1-13(2,3)15-11-7-9-12(10-8-11)16-14(4,5)6/h8-9,16H,1-7H3;7-10H,1-6H3. The first-order valence-electron chi connectivity index (χ1n) is 11.5. The zero-order valence-electron chi connectivity index (χ0n) is 22.7. The minimum absolute atomic E-state index is 0.0178. The molecule has 0 heterocycles. The number of ether oxygens (including phenoxy) is 2. The molecule has 0 aliphatic carbocycles. The van der Waals surface area contributed by atoms with E-state index in [4.69, 9.17) is 9.47 Å². The summed E-state index contributed by atoms with van der Waals surface area (Å²) in [7, 11) is 0. The average Bonchev–Trinajstić information content (AvgIpc) is 2.54. The summed E-state index contributed by atoms with van der Waals surface area (Å²) < 4.78 is 11.5. The van der Waals surface area contributed by atoms with Crippen LogP contribution < -0.4 is 9.47 Å². The van der Waals surface area contributed by atoms with Gasteiger partial charge in [-0.05, 0) is 94.7 Å². The number of rotatable bonds is 2. The van der Waals surface area contributed by atoms with E-state index in [-0.39, 0.29) is 22.0 Å². The molecule has 0 spiro atoms. The van der Waals surface area contributed by atoms with Crippen molar-refractivity contribution in [3.05, 3.63) is 53.1 Å². The first-order valence-corrected chi connectivity index (χ1v) is 11.5. The fourth-order valence-electron chi connectivity index (χ4n) is 3.21. The van der Waals surface area contributed by atoms with Crippen LogP contribution in [0.4, 0.5) is 0 Å². The Labute approximate surface area is 197 Å². The summed E-state index contributed by atoms with van der Waals surface area (Å²) >= 11 is 0. The van der Waals surface area contributed by atoms with E-state index in [1.54, 1.807) is 0 Å². The van der Waals surface area contributed by atoms with Crippen molar-refractivity contribution in [3.8, 4) is 17.2 Å². The summed E-state index contributed by atoms with van der Waals surface area (Å²) in [5.74, 6) is 2.20. The van der Waals surface area contributed by atoms with Gasteiger partial charge in [0.25, 0.3) is 0 Å². The molecule has 2 aromatic rings. The second-order valence-electron chi connectivity index (χ2n) is 12.6. The molecule has 0 aliphatic rings. The van der Waals surface area contributed by atoms with Crippen molar-refractivity contribution in [1.82, 2.24) is 0 Å². The lowest BCUT2D eigenvalue weighted by Gasteiger charge is -2.27. The molecule has 2 aromatic carbocycles. The van der Waals surface area contributed by atoms with Crippen molar-refractivity contribution in [2.75, 3.05) is 0 Å². The van der Waals surface area contributed by atoms with Gasteiger partial charge in [-0.3, -0.25) is 0 Å². The molecule has 0 aliphatic heterocycles. The quantitative estimate of drug-likeness (QED) is 0.508. The van der Waals surface area contributed by atoms with Gasteiger partial charge in [-0.25, -0.2) is 0 Å². The summed E-state index contributed by atoms with van der Waals surface area (Å²) in [6, 6.07) is 11.9. The highest BCUT2D eigenvalue weighted by Crippen LogP contribution is 2.39. The van der Waals surface area contributed by atoms with Crippen molar-refractivity contribution in [1.29, 1.82) is 0 Å². The molecule has 1 N–H and O–H groups in total. The molecule has 0 saturated carbocycles. The Morgan fingerprint density at radius 2 is 0.844 bits per heavy atom. The molecule has 0 bridgehead atoms. The topological polar surface area (TPSA) is 38.7 Å². The van der Waals surface area contributed by atoms with Crippen LogP contribution in [0.5, 0.6) is 17.2 Å². The van der Waals surface area contributed by atoms with E-state index in [0.717, 1.165) is 22.6 Å². The molecule has 3 heteroatoms. The number of aromatic hydroxyl groups is 1. The van der Waals surface area contributed by atoms with Gasteiger partial charge in [0, 0.05) is 0 Å². The Bertz CT molecular complexity index is 795. The zero-order chi connectivity index (χ0) is 25.1. The van der Waals surface area contributed by atoms with Crippen LogP contribution >= 0.6 is 0 Å². The summed E-state index contributed by atoms with van der Waals surface area (Å²) in [4.78, 5) is 0. The van der Waals surface area contributed by atoms with E-state index in [9.17, 15) is 5.11 Å². The predicted octanol–water partition coefficient (Wildman–Crippen LogP) is 8.34. The third-order valence-electron chi connectivity index (χ3n) is 4.54. The van der Waals surface area contributed by atoms with Gasteiger partial charge in [-0.2, -0.15) is 0 Å². The molecular weight excluding hydrogens is 396 g/mol. The molecule has 0 atom stereocenters. The van der Waals surface area contributed by atoms with E-state index in [1.165, 1.54) is 5.56 Å². The molecule has 0 amide bonds. The molecule has 0 radical (unpaired) electrons. The summed E-state index contributed by atoms with van der Waals surface area (Å²) in [5.41, 5.74) is 2.94. The maximum Gasteiger partial charge on any atom is 0.123 e. The van der Waals surface area contributed by atoms with Gasteiger partial charge >= 0.3 is 0 Å². The van der Waals surface area contributed by atoms with E-state index in [1.807, 2.05) is 65.8 Å². The monoisotopic (exact) mass is 442 g/mol. The summed E-state index contributed by atoms with van der Waals surface area (Å²) in [5, 5.41) is 10.4. The lowest BCUT2D eigenvalue weighted by molar-refractivity contribution is 0.125. The third kappa shape index (κ3) is 9.54. The van der Waals surface area contributed by atoms with Crippen molar-refractivity contribution in [2.24, 2.45) is 0 Å². The Hall–Kier alpha value is -2.16. The van der Waals surface area contributed by atoms with E-state index >= 15 is 0 Å². The van der Waals surface area contributed by atoms with Crippen LogP contribution in [0.1, 0.15) is 99.8 Å². The Morgan fingerprint density at radius 3 is 1.06 bits per heavy atom. The fraction of sp³-hybridized carbons (Fsp3) is 0.586. The average molecular weight is 443 g/mol. The van der Waals surface area contributed by atoms with Crippen molar-refractivity contribution in [2.45, 2.75) is 112 Å². The van der Waals surface area contributed by atoms with Gasteiger partial charge in [0.15, 0.2) is 0 Å². The second kappa shape index (κ2) is 9.77. The van der Waals surface area contributed by atoms with Crippen LogP contribution in [0.2, 0.25) is 0 Å². The van der Waals surface area contributed by atoms with Gasteiger partial charge in [-0.1, -0.05) is 59.2 Å². The van der Waals surface area contributed by atoms with Crippen LogP contribution in [0, 0.1) is 6.92 Å².